The van der Waals surface area contributed by atoms with Crippen LogP contribution in [0.3, 0.4) is 0 Å². The highest BCUT2D eigenvalue weighted by Crippen LogP contribution is 2.39. The second-order valence-electron chi connectivity index (χ2n) is 5.58. The van der Waals surface area contributed by atoms with Gasteiger partial charge in [0.05, 0.1) is 29.5 Å². The maximum Gasteiger partial charge on any atom is 0.236 e. The van der Waals surface area contributed by atoms with Gasteiger partial charge < -0.3 is 15.4 Å². The maximum absolute atomic E-state index is 12.2. The summed E-state index contributed by atoms with van der Waals surface area (Å²) in [6.45, 7) is 0. The van der Waals surface area contributed by atoms with Gasteiger partial charge in [0.2, 0.25) is 11.8 Å². The molecule has 0 bridgehead atoms. The van der Waals surface area contributed by atoms with E-state index in [1.807, 2.05) is 18.2 Å². The Bertz CT molecular complexity index is 919. The van der Waals surface area contributed by atoms with Crippen molar-refractivity contribution in [1.82, 2.24) is 10.3 Å². The lowest BCUT2D eigenvalue weighted by Crippen LogP contribution is -2.31. The van der Waals surface area contributed by atoms with Gasteiger partial charge in [-0.1, -0.05) is 30.0 Å². The molecule has 1 atom stereocenters. The largest absolute Gasteiger partial charge is 0.496 e. The van der Waals surface area contributed by atoms with Crippen molar-refractivity contribution in [1.29, 1.82) is 5.26 Å². The van der Waals surface area contributed by atoms with Crippen molar-refractivity contribution in [2.45, 2.75) is 12.3 Å². The molecule has 2 aromatic rings. The van der Waals surface area contributed by atoms with Crippen molar-refractivity contribution in [3.05, 3.63) is 52.0 Å². The number of nitrogens with one attached hydrogen (secondary N) is 2. The van der Waals surface area contributed by atoms with Crippen LogP contribution in [0, 0.1) is 11.3 Å². The summed E-state index contributed by atoms with van der Waals surface area (Å²) in [6, 6.07) is 9.51. The minimum Gasteiger partial charge on any atom is -0.496 e. The number of thiazole rings is 1. The molecule has 138 valence electrons. The van der Waals surface area contributed by atoms with E-state index in [0.717, 1.165) is 17.3 Å². The normalized spacial score (nSPS) is 16.4. The fourth-order valence-electron chi connectivity index (χ4n) is 2.73. The number of carbonyl (C=O) groups excluding carboxylic acids is 2. The van der Waals surface area contributed by atoms with Gasteiger partial charge in [0.15, 0.2) is 5.13 Å². The van der Waals surface area contributed by atoms with E-state index in [-0.39, 0.29) is 24.0 Å². The highest BCUT2D eigenvalue weighted by Gasteiger charge is 2.31. The molecular weight excluding hydrogens is 384 g/mol. The zero-order chi connectivity index (χ0) is 19.2. The van der Waals surface area contributed by atoms with Crippen LogP contribution in [0.1, 0.15) is 17.9 Å². The fourth-order valence-corrected chi connectivity index (χ4v) is 4.15. The SMILES string of the molecule is COc1ccccc1C1CC(=O)NC(SCC(=O)Nc2nccs2)=C1C#N. The average molecular weight is 400 g/mol. The number of benzene rings is 1. The molecule has 0 fully saturated rings. The van der Waals surface area contributed by atoms with E-state index in [9.17, 15) is 14.9 Å². The fraction of sp³-hybridized carbons (Fsp3) is 0.222. The Morgan fingerprint density at radius 3 is 3.04 bits per heavy atom. The Kier molecular flexibility index (Phi) is 6.11. The van der Waals surface area contributed by atoms with Crippen LogP contribution in [0.5, 0.6) is 5.75 Å². The summed E-state index contributed by atoms with van der Waals surface area (Å²) in [5.41, 5.74) is 1.20. The molecule has 1 aliphatic rings. The number of allylic oxidation sites excluding steroid dienone is 1. The Morgan fingerprint density at radius 2 is 2.33 bits per heavy atom. The number of para-hydroxylation sites is 1. The van der Waals surface area contributed by atoms with Gasteiger partial charge in [-0.25, -0.2) is 4.98 Å². The van der Waals surface area contributed by atoms with Crippen molar-refractivity contribution in [3.63, 3.8) is 0 Å². The molecule has 1 aromatic carbocycles. The number of ether oxygens (including phenoxy) is 1. The third kappa shape index (κ3) is 4.48. The first-order valence-electron chi connectivity index (χ1n) is 8.01. The highest BCUT2D eigenvalue weighted by atomic mass is 32.2. The summed E-state index contributed by atoms with van der Waals surface area (Å²) in [4.78, 5) is 28.3. The summed E-state index contributed by atoms with van der Waals surface area (Å²) in [7, 11) is 1.55. The predicted molar refractivity (Wildman–Crippen MR) is 104 cm³/mol. The van der Waals surface area contributed by atoms with Gasteiger partial charge in [0.1, 0.15) is 5.75 Å². The van der Waals surface area contributed by atoms with E-state index in [2.05, 4.69) is 21.7 Å². The quantitative estimate of drug-likeness (QED) is 0.773. The molecule has 0 aliphatic carbocycles. The van der Waals surface area contributed by atoms with Gasteiger partial charge in [-0.15, -0.1) is 11.3 Å². The lowest BCUT2D eigenvalue weighted by atomic mass is 9.86. The summed E-state index contributed by atoms with van der Waals surface area (Å²) >= 11 is 2.44. The number of hydrogen-bond donors (Lipinski definition) is 2. The molecule has 1 aliphatic heterocycles. The third-order valence-corrected chi connectivity index (χ3v) is 5.60. The molecule has 2 N–H and O–H groups in total. The number of nitriles is 1. The van der Waals surface area contributed by atoms with Crippen molar-refractivity contribution in [2.75, 3.05) is 18.2 Å². The van der Waals surface area contributed by atoms with Gasteiger partial charge in [0.25, 0.3) is 0 Å². The number of methoxy groups -OCH3 is 1. The van der Waals surface area contributed by atoms with Gasteiger partial charge in [-0.3, -0.25) is 9.59 Å². The molecule has 3 rings (SSSR count). The molecule has 9 heteroatoms. The maximum atomic E-state index is 12.2. The van der Waals surface area contributed by atoms with E-state index in [0.29, 0.717) is 21.5 Å². The molecule has 2 heterocycles. The molecule has 7 nitrogen and oxygen atoms in total. The Balaban J connectivity index is 1.81. The Labute approximate surface area is 164 Å². The van der Waals surface area contributed by atoms with Crippen LogP contribution in [0.4, 0.5) is 5.13 Å². The Morgan fingerprint density at radius 1 is 1.52 bits per heavy atom. The smallest absolute Gasteiger partial charge is 0.236 e. The first-order chi connectivity index (χ1) is 13.1. The van der Waals surface area contributed by atoms with Crippen molar-refractivity contribution in [3.8, 4) is 11.8 Å². The van der Waals surface area contributed by atoms with Crippen LogP contribution in [0.25, 0.3) is 0 Å². The van der Waals surface area contributed by atoms with Crippen LogP contribution >= 0.6 is 23.1 Å². The van der Waals surface area contributed by atoms with Crippen LogP contribution in [0.2, 0.25) is 0 Å². The van der Waals surface area contributed by atoms with Crippen molar-refractivity contribution < 1.29 is 14.3 Å². The number of rotatable bonds is 6. The van der Waals surface area contributed by atoms with Crippen molar-refractivity contribution in [2.24, 2.45) is 0 Å². The number of hydrogen-bond acceptors (Lipinski definition) is 7. The molecule has 0 saturated heterocycles. The minimum absolute atomic E-state index is 0.0546. The van der Waals surface area contributed by atoms with E-state index in [1.54, 1.807) is 24.8 Å². The number of carbonyl (C=O) groups is 2. The van der Waals surface area contributed by atoms with Crippen LogP contribution in [-0.4, -0.2) is 29.7 Å². The van der Waals surface area contributed by atoms with Crippen LogP contribution in [0.15, 0.2) is 46.4 Å². The summed E-state index contributed by atoms with van der Waals surface area (Å²) < 4.78 is 5.38. The topological polar surface area (TPSA) is 104 Å². The predicted octanol–water partition coefficient (Wildman–Crippen LogP) is 2.86. The average Bonchev–Trinajstić information content (AvgIpc) is 3.18. The molecule has 0 radical (unpaired) electrons. The first-order valence-corrected chi connectivity index (χ1v) is 9.88. The number of amides is 2. The van der Waals surface area contributed by atoms with Crippen LogP contribution in [-0.2, 0) is 9.59 Å². The van der Waals surface area contributed by atoms with E-state index >= 15 is 0 Å². The molecule has 1 unspecified atom stereocenters. The van der Waals surface area contributed by atoms with E-state index in [4.69, 9.17) is 4.74 Å². The molecule has 2 amide bonds. The number of aromatic nitrogens is 1. The van der Waals surface area contributed by atoms with E-state index < -0.39 is 5.92 Å². The molecule has 0 saturated carbocycles. The van der Waals surface area contributed by atoms with E-state index in [1.165, 1.54) is 11.3 Å². The number of thioether (sulfide) groups is 1. The highest BCUT2D eigenvalue weighted by molar-refractivity contribution is 8.03. The monoisotopic (exact) mass is 400 g/mol. The molecule has 0 spiro atoms. The second kappa shape index (κ2) is 8.70. The molecule has 1 aromatic heterocycles. The zero-order valence-electron chi connectivity index (χ0n) is 14.4. The van der Waals surface area contributed by atoms with Gasteiger partial charge in [-0.2, -0.15) is 5.26 Å². The van der Waals surface area contributed by atoms with Crippen molar-refractivity contribution >= 4 is 40.0 Å². The second-order valence-corrected chi connectivity index (χ2v) is 7.46. The number of nitrogens with zero attached hydrogens (tertiary/aromatic N) is 2. The first kappa shape index (κ1) is 18.9. The lowest BCUT2D eigenvalue weighted by Gasteiger charge is -2.26. The molecule has 27 heavy (non-hydrogen) atoms. The zero-order valence-corrected chi connectivity index (χ0v) is 16.0. The number of anilines is 1. The van der Waals surface area contributed by atoms with Gasteiger partial charge >= 0.3 is 0 Å². The van der Waals surface area contributed by atoms with Gasteiger partial charge in [-0.05, 0) is 6.07 Å². The lowest BCUT2D eigenvalue weighted by molar-refractivity contribution is -0.121. The summed E-state index contributed by atoms with van der Waals surface area (Å²) in [5.74, 6) is -0.194. The molecular formula is C18H16N4O3S2. The summed E-state index contributed by atoms with van der Waals surface area (Å²) in [6.07, 6.45) is 1.75. The standard InChI is InChI=1S/C18H16N4O3S2/c1-25-14-5-3-2-4-11(14)12-8-15(23)21-17(13(12)9-19)27-10-16(24)22-18-20-6-7-26-18/h2-7,12H,8,10H2,1H3,(H,21,23)(H,20,22,24). The third-order valence-electron chi connectivity index (χ3n) is 3.90. The minimum atomic E-state index is -0.413. The Hall–Kier alpha value is -2.83. The van der Waals surface area contributed by atoms with Crippen LogP contribution < -0.4 is 15.4 Å². The van der Waals surface area contributed by atoms with Gasteiger partial charge in [0, 0.05) is 29.5 Å². The summed E-state index contributed by atoms with van der Waals surface area (Å²) in [5, 5.41) is 17.8.